The van der Waals surface area contributed by atoms with Crippen molar-refractivity contribution in [3.8, 4) is 0 Å². The molecule has 0 rings (SSSR count). The van der Waals surface area contributed by atoms with Gasteiger partial charge in [-0.25, -0.2) is 5.41 Å². The van der Waals surface area contributed by atoms with Gasteiger partial charge in [-0.3, -0.25) is 0 Å². The predicted molar refractivity (Wildman–Crippen MR) is 22.5 cm³/mol. The summed E-state index contributed by atoms with van der Waals surface area (Å²) in [5, 5.41) is 7.36. The van der Waals surface area contributed by atoms with Crippen molar-refractivity contribution in [3.63, 3.8) is 0 Å². The molecule has 18 valence electrons. The van der Waals surface area contributed by atoms with E-state index in [1.807, 2.05) is 0 Å². The summed E-state index contributed by atoms with van der Waals surface area (Å²) in [6.07, 6.45) is 0. The minimum absolute atomic E-state index is 0. The van der Waals surface area contributed by atoms with Crippen LogP contribution in [0.5, 0.6) is 0 Å². The van der Waals surface area contributed by atoms with E-state index in [-0.39, 0.29) is 51.4 Å². The van der Waals surface area contributed by atoms with Crippen molar-refractivity contribution in [1.29, 1.82) is 5.41 Å². The van der Waals surface area contributed by atoms with Gasteiger partial charge in [-0.15, -0.1) is 0 Å². The molecular weight excluding hydrogens is 97.2 g/mol. The summed E-state index contributed by atoms with van der Waals surface area (Å²) in [5.41, 5.74) is 0. The fourth-order valence-electron chi connectivity index (χ4n) is 0. The standard InChI is InChI=1S/CHNS.K.H/c2-1-3;;/h2H;;. The summed E-state index contributed by atoms with van der Waals surface area (Å²) in [4.78, 5) is 0. The average molecular weight is 99.2 g/mol. The van der Waals surface area contributed by atoms with Crippen molar-refractivity contribution < 1.29 is 0 Å². The summed E-state index contributed by atoms with van der Waals surface area (Å²) in [7, 11) is 0. The van der Waals surface area contributed by atoms with Gasteiger partial charge in [0.1, 0.15) is 0 Å². The summed E-state index contributed by atoms with van der Waals surface area (Å²) < 4.78 is 0. The van der Waals surface area contributed by atoms with Gasteiger partial charge < -0.3 is 0 Å². The number of hydrogen-bond acceptors (Lipinski definition) is 2. The van der Waals surface area contributed by atoms with Gasteiger partial charge in [0.05, 0.1) is 5.16 Å². The first-order valence-electron chi connectivity index (χ1n) is 0.454. The Morgan fingerprint density at radius 1 is 1.75 bits per heavy atom. The van der Waals surface area contributed by atoms with Crippen molar-refractivity contribution in [2.45, 2.75) is 0 Å². The first kappa shape index (κ1) is 9.06. The van der Waals surface area contributed by atoms with Crippen LogP contribution in [0.2, 0.25) is 0 Å². The zero-order valence-electron chi connectivity index (χ0n) is 1.41. The molecule has 0 aromatic rings. The molecule has 0 saturated carbocycles. The Balaban J connectivity index is 0. The molecule has 4 heavy (non-hydrogen) atoms. The Bertz CT molecular complexity index is 29.0. The van der Waals surface area contributed by atoms with Crippen molar-refractivity contribution >= 4 is 68.8 Å². The third-order valence-electron chi connectivity index (χ3n) is 0. The minimum atomic E-state index is 0. The molecule has 1 N–H and O–H groups in total. The van der Waals surface area contributed by atoms with E-state index in [0.29, 0.717) is 0 Å². The second-order valence-electron chi connectivity index (χ2n) is 0.102. The molecule has 1 nitrogen and oxygen atoms in total. The number of nitrogens with one attached hydrogen (secondary N) is 1. The van der Waals surface area contributed by atoms with E-state index in [1.165, 1.54) is 0 Å². The van der Waals surface area contributed by atoms with Gasteiger partial charge in [0.25, 0.3) is 0 Å². The normalized spacial score (nSPS) is 2.00. The molecule has 0 amide bonds. The SMILES string of the molecule is N=C=S.[KH]. The van der Waals surface area contributed by atoms with Crippen molar-refractivity contribution in [3.05, 3.63) is 0 Å². The van der Waals surface area contributed by atoms with Gasteiger partial charge in [-0.05, 0) is 12.2 Å². The van der Waals surface area contributed by atoms with Gasteiger partial charge in [-0.1, -0.05) is 0 Å². The van der Waals surface area contributed by atoms with Crippen LogP contribution in [0.1, 0.15) is 0 Å². The van der Waals surface area contributed by atoms with Crippen LogP contribution in [0.15, 0.2) is 0 Å². The van der Waals surface area contributed by atoms with Crippen molar-refractivity contribution in [2.24, 2.45) is 0 Å². The molecule has 0 bridgehead atoms. The first-order chi connectivity index (χ1) is 1.41. The molecule has 0 heterocycles. The third-order valence-corrected chi connectivity index (χ3v) is 0. The molecule has 0 saturated heterocycles. The second-order valence-corrected chi connectivity index (χ2v) is 0.306. The van der Waals surface area contributed by atoms with E-state index in [1.54, 1.807) is 5.16 Å². The zero-order chi connectivity index (χ0) is 2.71. The molecular formula is CH2KNS. The van der Waals surface area contributed by atoms with Crippen LogP contribution in [0, 0.1) is 5.41 Å². The van der Waals surface area contributed by atoms with Crippen molar-refractivity contribution in [2.75, 3.05) is 0 Å². The van der Waals surface area contributed by atoms with E-state index in [0.717, 1.165) is 0 Å². The first-order valence-corrected chi connectivity index (χ1v) is 0.862. The fraction of sp³-hybridized carbons (Fsp3) is 0. The summed E-state index contributed by atoms with van der Waals surface area (Å²) >= 11 is 3.81. The molecule has 0 aromatic heterocycles. The Morgan fingerprint density at radius 2 is 1.75 bits per heavy atom. The Morgan fingerprint density at radius 3 is 1.75 bits per heavy atom. The monoisotopic (exact) mass is 99.0 g/mol. The molecule has 0 aliphatic carbocycles. The molecule has 3 heteroatoms. The van der Waals surface area contributed by atoms with Crippen LogP contribution < -0.4 is 0 Å². The average Bonchev–Trinajstić information content (AvgIpc) is 0.918. The van der Waals surface area contributed by atoms with E-state index in [4.69, 9.17) is 5.41 Å². The second kappa shape index (κ2) is 8.83. The number of hydrogen-bond donors (Lipinski definition) is 1. The van der Waals surface area contributed by atoms with E-state index < -0.39 is 0 Å². The van der Waals surface area contributed by atoms with Crippen LogP contribution in [-0.4, -0.2) is 56.5 Å². The van der Waals surface area contributed by atoms with Gasteiger partial charge >= 0.3 is 51.4 Å². The number of isothiocyanates is 1. The summed E-state index contributed by atoms with van der Waals surface area (Å²) in [6, 6.07) is 0. The van der Waals surface area contributed by atoms with E-state index in [2.05, 4.69) is 12.2 Å². The van der Waals surface area contributed by atoms with Gasteiger partial charge in [0.15, 0.2) is 0 Å². The molecule has 0 radical (unpaired) electrons. The molecule has 0 unspecified atom stereocenters. The topological polar surface area (TPSA) is 23.9 Å². The fourth-order valence-corrected chi connectivity index (χ4v) is 0. The maximum atomic E-state index is 5.77. The van der Waals surface area contributed by atoms with Gasteiger partial charge in [-0.2, -0.15) is 0 Å². The number of thiocarbonyl (C=S) groups is 1. The molecule has 0 aliphatic heterocycles. The van der Waals surface area contributed by atoms with E-state index in [9.17, 15) is 0 Å². The van der Waals surface area contributed by atoms with Crippen LogP contribution in [-0.2, 0) is 0 Å². The van der Waals surface area contributed by atoms with Crippen molar-refractivity contribution in [1.82, 2.24) is 0 Å². The predicted octanol–water partition coefficient (Wildman–Crippen LogP) is 0.0195. The quantitative estimate of drug-likeness (QED) is 0.258. The van der Waals surface area contributed by atoms with Crippen LogP contribution >= 0.6 is 12.2 Å². The molecule has 0 fully saturated rings. The molecule has 0 spiro atoms. The van der Waals surface area contributed by atoms with Crippen LogP contribution in [0.3, 0.4) is 0 Å². The molecule has 0 aliphatic rings. The van der Waals surface area contributed by atoms with Crippen LogP contribution in [0.4, 0.5) is 0 Å². The van der Waals surface area contributed by atoms with Crippen LogP contribution in [0.25, 0.3) is 0 Å². The summed E-state index contributed by atoms with van der Waals surface area (Å²) in [5.74, 6) is 0. The Hall–Kier alpha value is 1.44. The number of rotatable bonds is 0. The summed E-state index contributed by atoms with van der Waals surface area (Å²) in [6.45, 7) is 0. The Labute approximate surface area is 72.7 Å². The van der Waals surface area contributed by atoms with E-state index >= 15 is 0 Å². The zero-order valence-corrected chi connectivity index (χ0v) is 2.22. The molecule has 0 aromatic carbocycles. The van der Waals surface area contributed by atoms with Gasteiger partial charge in [0.2, 0.25) is 0 Å². The molecule has 0 atom stereocenters. The van der Waals surface area contributed by atoms with Gasteiger partial charge in [0, 0.05) is 0 Å². The Kier molecular flexibility index (Phi) is 20.0. The third kappa shape index (κ3) is 9.89. The maximum absolute atomic E-state index is 5.77.